The van der Waals surface area contributed by atoms with Gasteiger partial charge < -0.3 is 20.7 Å². The minimum atomic E-state index is -0.303. The SMILES string of the molecule is NC(=S)c1cccc(Cn2c(C(=O)NCc3ccc(C(=O)NS)cc3)cc3c(O)cccc32)c1. The lowest BCUT2D eigenvalue weighted by Crippen LogP contribution is -2.25. The molecule has 2 amide bonds. The molecular weight excluding hydrogens is 468 g/mol. The van der Waals surface area contributed by atoms with E-state index in [2.05, 4.69) is 22.9 Å². The van der Waals surface area contributed by atoms with Crippen molar-refractivity contribution in [2.75, 3.05) is 0 Å². The van der Waals surface area contributed by atoms with Crippen LogP contribution in [0.25, 0.3) is 10.9 Å². The van der Waals surface area contributed by atoms with E-state index in [1.807, 2.05) is 34.9 Å². The maximum Gasteiger partial charge on any atom is 0.268 e. The topological polar surface area (TPSA) is 109 Å². The molecule has 34 heavy (non-hydrogen) atoms. The third-order valence-corrected chi connectivity index (χ3v) is 5.92. The Labute approximate surface area is 207 Å². The quantitative estimate of drug-likeness (QED) is 0.201. The first-order valence-corrected chi connectivity index (χ1v) is 11.2. The van der Waals surface area contributed by atoms with Crippen LogP contribution in [0.2, 0.25) is 0 Å². The molecule has 1 aromatic heterocycles. The lowest BCUT2D eigenvalue weighted by molar-refractivity contribution is 0.0940. The number of nitrogens with two attached hydrogens (primary N) is 1. The number of thiocarbonyl (C=S) groups is 1. The summed E-state index contributed by atoms with van der Waals surface area (Å²) < 4.78 is 4.12. The highest BCUT2D eigenvalue weighted by atomic mass is 32.1. The number of phenols is 1. The lowest BCUT2D eigenvalue weighted by Gasteiger charge is -2.12. The molecule has 0 unspecified atom stereocenters. The smallest absolute Gasteiger partial charge is 0.268 e. The van der Waals surface area contributed by atoms with Gasteiger partial charge in [0.05, 0.1) is 5.52 Å². The number of hydrogen-bond donors (Lipinski definition) is 5. The molecule has 9 heteroatoms. The summed E-state index contributed by atoms with van der Waals surface area (Å²) in [7, 11) is 0. The summed E-state index contributed by atoms with van der Waals surface area (Å²) in [6.45, 7) is 0.658. The van der Waals surface area contributed by atoms with Gasteiger partial charge in [-0.3, -0.25) is 14.3 Å². The number of carbonyl (C=O) groups is 2. The van der Waals surface area contributed by atoms with Gasteiger partial charge in [-0.05, 0) is 47.5 Å². The molecular formula is C25H22N4O3S2. The van der Waals surface area contributed by atoms with Gasteiger partial charge in [0, 0.05) is 29.6 Å². The van der Waals surface area contributed by atoms with Gasteiger partial charge in [0.2, 0.25) is 0 Å². The normalized spacial score (nSPS) is 10.7. The van der Waals surface area contributed by atoms with Crippen LogP contribution >= 0.6 is 25.0 Å². The van der Waals surface area contributed by atoms with Crippen LogP contribution in [0.15, 0.2) is 72.8 Å². The number of fused-ring (bicyclic) bond motifs is 1. The number of carbonyl (C=O) groups excluding carboxylic acids is 2. The number of thiol groups is 1. The highest BCUT2D eigenvalue weighted by molar-refractivity contribution is 7.80. The maximum absolute atomic E-state index is 13.2. The Balaban J connectivity index is 1.62. The second kappa shape index (κ2) is 9.98. The number of amides is 2. The molecule has 0 bridgehead atoms. The molecule has 172 valence electrons. The fraction of sp³-hybridized carbons (Fsp3) is 0.0800. The van der Waals surface area contributed by atoms with Gasteiger partial charge >= 0.3 is 0 Å². The van der Waals surface area contributed by atoms with E-state index in [1.54, 1.807) is 42.5 Å². The number of aromatic nitrogens is 1. The summed E-state index contributed by atoms with van der Waals surface area (Å²) in [5, 5.41) is 13.9. The zero-order valence-electron chi connectivity index (χ0n) is 18.0. The van der Waals surface area contributed by atoms with E-state index in [0.29, 0.717) is 28.2 Å². The first kappa shape index (κ1) is 23.3. The molecule has 0 aliphatic heterocycles. The molecule has 0 saturated carbocycles. The monoisotopic (exact) mass is 490 g/mol. The molecule has 4 aromatic rings. The number of aromatic hydroxyl groups is 1. The van der Waals surface area contributed by atoms with E-state index in [-0.39, 0.29) is 24.1 Å². The Kier molecular flexibility index (Phi) is 6.85. The van der Waals surface area contributed by atoms with E-state index >= 15 is 0 Å². The number of benzene rings is 3. The standard InChI is InChI=1S/C25H22N4O3S2/c26-23(33)18-4-1-3-16(11-18)14-29-20-5-2-6-22(30)19(20)12-21(29)25(32)27-13-15-7-9-17(10-8-15)24(31)28-34/h1-12,30,34H,13-14H2,(H2,26,33)(H,27,32)(H,28,31). The zero-order chi connectivity index (χ0) is 24.2. The van der Waals surface area contributed by atoms with Gasteiger partial charge in [0.25, 0.3) is 11.8 Å². The van der Waals surface area contributed by atoms with Crippen molar-refractivity contribution >= 4 is 52.7 Å². The minimum Gasteiger partial charge on any atom is -0.507 e. The first-order chi connectivity index (χ1) is 16.4. The second-order valence-corrected chi connectivity index (χ2v) is 8.37. The van der Waals surface area contributed by atoms with Gasteiger partial charge in [-0.15, -0.1) is 0 Å². The van der Waals surface area contributed by atoms with Crippen molar-refractivity contribution < 1.29 is 14.7 Å². The molecule has 7 nitrogen and oxygen atoms in total. The Morgan fingerprint density at radius 3 is 2.38 bits per heavy atom. The van der Waals surface area contributed by atoms with E-state index < -0.39 is 0 Å². The Bertz CT molecular complexity index is 1400. The van der Waals surface area contributed by atoms with Crippen LogP contribution in [0.1, 0.15) is 37.5 Å². The van der Waals surface area contributed by atoms with Crippen LogP contribution in [0.5, 0.6) is 5.75 Å². The number of phenolic OH excluding ortho intramolecular Hbond substituents is 1. The van der Waals surface area contributed by atoms with Crippen molar-refractivity contribution in [3.8, 4) is 5.75 Å². The Hall–Kier alpha value is -3.82. The number of nitrogens with one attached hydrogen (secondary N) is 2. The Morgan fingerprint density at radius 1 is 0.941 bits per heavy atom. The van der Waals surface area contributed by atoms with Crippen molar-refractivity contribution in [1.82, 2.24) is 14.6 Å². The third kappa shape index (κ3) is 4.90. The molecule has 3 aromatic carbocycles. The zero-order valence-corrected chi connectivity index (χ0v) is 19.7. The summed E-state index contributed by atoms with van der Waals surface area (Å²) in [4.78, 5) is 25.1. The predicted molar refractivity (Wildman–Crippen MR) is 139 cm³/mol. The van der Waals surface area contributed by atoms with Gasteiger partial charge in [0.15, 0.2) is 0 Å². The fourth-order valence-corrected chi connectivity index (χ4v) is 4.00. The predicted octanol–water partition coefficient (Wildman–Crippen LogP) is 3.53. The van der Waals surface area contributed by atoms with Gasteiger partial charge in [-0.2, -0.15) is 0 Å². The first-order valence-electron chi connectivity index (χ1n) is 10.4. The molecule has 0 fully saturated rings. The van der Waals surface area contributed by atoms with Crippen LogP contribution in [0.3, 0.4) is 0 Å². The van der Waals surface area contributed by atoms with Gasteiger partial charge in [0.1, 0.15) is 16.4 Å². The molecule has 0 spiro atoms. The highest BCUT2D eigenvalue weighted by Gasteiger charge is 2.18. The molecule has 1 heterocycles. The van der Waals surface area contributed by atoms with E-state index in [1.165, 1.54) is 0 Å². The third-order valence-electron chi connectivity index (χ3n) is 5.48. The lowest BCUT2D eigenvalue weighted by atomic mass is 10.1. The molecule has 0 aliphatic rings. The fourth-order valence-electron chi connectivity index (χ4n) is 3.74. The van der Waals surface area contributed by atoms with Crippen molar-refractivity contribution in [3.05, 3.63) is 101 Å². The maximum atomic E-state index is 13.2. The van der Waals surface area contributed by atoms with Crippen molar-refractivity contribution in [3.63, 3.8) is 0 Å². The number of nitrogens with zero attached hydrogens (tertiary/aromatic N) is 1. The van der Waals surface area contributed by atoms with E-state index in [4.69, 9.17) is 18.0 Å². The average Bonchev–Trinajstić information content (AvgIpc) is 3.22. The second-order valence-electron chi connectivity index (χ2n) is 7.71. The van der Waals surface area contributed by atoms with Crippen LogP contribution < -0.4 is 15.8 Å². The van der Waals surface area contributed by atoms with Crippen LogP contribution in [-0.4, -0.2) is 26.5 Å². The number of rotatable bonds is 7. The summed E-state index contributed by atoms with van der Waals surface area (Å²) in [6.07, 6.45) is 0. The molecule has 5 N–H and O–H groups in total. The molecule has 0 saturated heterocycles. The summed E-state index contributed by atoms with van der Waals surface area (Å²) >= 11 is 8.85. The van der Waals surface area contributed by atoms with Crippen LogP contribution in [0.4, 0.5) is 0 Å². The van der Waals surface area contributed by atoms with Crippen LogP contribution in [-0.2, 0) is 13.1 Å². The largest absolute Gasteiger partial charge is 0.507 e. The Morgan fingerprint density at radius 2 is 1.68 bits per heavy atom. The van der Waals surface area contributed by atoms with E-state index in [0.717, 1.165) is 22.2 Å². The van der Waals surface area contributed by atoms with Crippen LogP contribution in [0, 0.1) is 0 Å². The minimum absolute atomic E-state index is 0.0974. The molecule has 0 atom stereocenters. The van der Waals surface area contributed by atoms with Gasteiger partial charge in [-0.1, -0.05) is 61.4 Å². The summed E-state index contributed by atoms with van der Waals surface area (Å²) in [5.74, 6) is -0.499. The summed E-state index contributed by atoms with van der Waals surface area (Å²) in [5.41, 5.74) is 9.87. The van der Waals surface area contributed by atoms with Crippen molar-refractivity contribution in [2.45, 2.75) is 13.1 Å². The number of hydrogen-bond acceptors (Lipinski definition) is 5. The van der Waals surface area contributed by atoms with E-state index in [9.17, 15) is 14.7 Å². The molecule has 0 aliphatic carbocycles. The average molecular weight is 491 g/mol. The summed E-state index contributed by atoms with van der Waals surface area (Å²) in [6, 6.07) is 21.2. The molecule has 0 radical (unpaired) electrons. The molecule has 4 rings (SSSR count). The van der Waals surface area contributed by atoms with Crippen molar-refractivity contribution in [2.24, 2.45) is 5.73 Å². The van der Waals surface area contributed by atoms with Crippen molar-refractivity contribution in [1.29, 1.82) is 0 Å². The highest BCUT2D eigenvalue weighted by Crippen LogP contribution is 2.29. The van der Waals surface area contributed by atoms with Gasteiger partial charge in [-0.25, -0.2) is 0 Å².